The van der Waals surface area contributed by atoms with Gasteiger partial charge in [-0.2, -0.15) is 20.5 Å². The molecule has 0 fully saturated rings. The predicted octanol–water partition coefficient (Wildman–Crippen LogP) is 10.3. The maximum Gasteiger partial charge on any atom is 0.238 e. The third kappa shape index (κ3) is 4.77. The lowest BCUT2D eigenvalue weighted by Crippen LogP contribution is -2.07. The van der Waals surface area contributed by atoms with Crippen LogP contribution in [-0.4, -0.2) is 24.1 Å². The van der Waals surface area contributed by atoms with Crippen LogP contribution in [0.4, 0.5) is 5.69 Å². The van der Waals surface area contributed by atoms with E-state index < -0.39 is 0 Å². The predicted molar refractivity (Wildman–Crippen MR) is 205 cm³/mol. The normalized spacial score (nSPS) is 11.2. The van der Waals surface area contributed by atoms with Crippen LogP contribution in [0.5, 0.6) is 0 Å². The highest BCUT2D eigenvalue weighted by molar-refractivity contribution is 6.11. The zero-order valence-corrected chi connectivity index (χ0v) is 28.1. The fourth-order valence-corrected chi connectivity index (χ4v) is 7.15. The van der Waals surface area contributed by atoms with E-state index in [4.69, 9.17) is 21.5 Å². The van der Waals surface area contributed by atoms with Crippen LogP contribution in [-0.2, 0) is 0 Å². The van der Waals surface area contributed by atoms with E-state index in [1.54, 1.807) is 12.1 Å². The lowest BCUT2D eigenvalue weighted by Gasteiger charge is -2.13. The first-order valence-electron chi connectivity index (χ1n) is 16.7. The summed E-state index contributed by atoms with van der Waals surface area (Å²) in [5, 5.41) is 24.2. The van der Waals surface area contributed by atoms with Gasteiger partial charge in [0.25, 0.3) is 0 Å². The van der Waals surface area contributed by atoms with Crippen molar-refractivity contribution in [2.24, 2.45) is 0 Å². The second-order valence-electron chi connectivity index (χ2n) is 12.9. The molecule has 52 heavy (non-hydrogen) atoms. The summed E-state index contributed by atoms with van der Waals surface area (Å²) >= 11 is 0. The van der Waals surface area contributed by atoms with Crippen LogP contribution in [0.25, 0.3) is 82.9 Å². The molecule has 8 heteroatoms. The maximum atomic E-state index is 10.6. The molecule has 9 aromatic rings. The Kier molecular flexibility index (Phi) is 6.90. The molecule has 0 aliphatic heterocycles. The summed E-state index contributed by atoms with van der Waals surface area (Å²) in [7, 11) is 0. The van der Waals surface area contributed by atoms with Crippen molar-refractivity contribution in [1.82, 2.24) is 24.1 Å². The SMILES string of the molecule is [C-]#[N+]c1ccc2c(c1)c1cc(C#N)ccc1n2-c1ccc(-c2nc(-c3ccccc3)nc(-n3c4ccc(C)cc4c4cc(C)ccc43)n2)cc1C#N. The smallest absolute Gasteiger partial charge is 0.238 e. The Morgan fingerprint density at radius 3 is 1.81 bits per heavy atom. The van der Waals surface area contributed by atoms with E-state index >= 15 is 0 Å². The minimum absolute atomic E-state index is 0.418. The van der Waals surface area contributed by atoms with Gasteiger partial charge in [0, 0.05) is 27.3 Å². The first-order valence-corrected chi connectivity index (χ1v) is 16.7. The Morgan fingerprint density at radius 2 is 1.15 bits per heavy atom. The van der Waals surface area contributed by atoms with Crippen molar-refractivity contribution in [3.63, 3.8) is 0 Å². The van der Waals surface area contributed by atoms with Gasteiger partial charge < -0.3 is 4.57 Å². The molecule has 8 nitrogen and oxygen atoms in total. The molecular weight excluding hydrogens is 641 g/mol. The van der Waals surface area contributed by atoms with Crippen molar-refractivity contribution in [2.75, 3.05) is 0 Å². The average Bonchev–Trinajstić information content (AvgIpc) is 3.68. The Hall–Kier alpha value is -7.60. The van der Waals surface area contributed by atoms with Gasteiger partial charge in [-0.25, -0.2) is 9.83 Å². The van der Waals surface area contributed by atoms with Crippen LogP contribution in [0.1, 0.15) is 22.3 Å². The topological polar surface area (TPSA) is 100 Å². The van der Waals surface area contributed by atoms with Crippen molar-refractivity contribution in [1.29, 1.82) is 10.5 Å². The lowest BCUT2D eigenvalue weighted by atomic mass is 10.1. The number of nitrogens with zero attached hydrogens (tertiary/aromatic N) is 8. The number of aryl methyl sites for hydroxylation is 2. The molecule has 0 radical (unpaired) electrons. The average molecular weight is 667 g/mol. The molecule has 0 unspecified atom stereocenters. The number of benzene rings is 6. The highest BCUT2D eigenvalue weighted by atomic mass is 15.2. The molecule has 0 saturated heterocycles. The van der Waals surface area contributed by atoms with Gasteiger partial charge in [0.05, 0.1) is 51.5 Å². The molecule has 3 heterocycles. The standard InChI is InChI=1S/C44H26N8/c1-26-9-14-40-33(19-26)34-20-27(2)10-15-41(34)52(40)44-49-42(29-7-5-4-6-8-29)48-43(50-44)30-12-17-37(31(22-30)25-46)51-38-16-11-28(24-45)21-35(38)36-23-32(47-3)13-18-39(36)51/h4-23H,1-2H3. The van der Waals surface area contributed by atoms with Gasteiger partial charge in [0.15, 0.2) is 17.3 Å². The minimum atomic E-state index is 0.418. The number of nitriles is 2. The summed E-state index contributed by atoms with van der Waals surface area (Å²) in [5.41, 5.74) is 9.57. The van der Waals surface area contributed by atoms with E-state index in [0.29, 0.717) is 45.7 Å². The van der Waals surface area contributed by atoms with Crippen LogP contribution < -0.4 is 0 Å². The molecule has 0 atom stereocenters. The van der Waals surface area contributed by atoms with E-state index in [9.17, 15) is 10.5 Å². The summed E-state index contributed by atoms with van der Waals surface area (Å²) in [6.45, 7) is 11.8. The Labute approximate surface area is 298 Å². The fraction of sp³-hybridized carbons (Fsp3) is 0.0455. The summed E-state index contributed by atoms with van der Waals surface area (Å²) in [6.07, 6.45) is 0. The molecule has 3 aromatic heterocycles. The van der Waals surface area contributed by atoms with Gasteiger partial charge in [0.1, 0.15) is 6.07 Å². The second kappa shape index (κ2) is 11.8. The molecule has 0 aliphatic carbocycles. The molecule has 0 aliphatic rings. The molecule has 0 bridgehead atoms. The quantitative estimate of drug-likeness (QED) is 0.174. The summed E-state index contributed by atoms with van der Waals surface area (Å²) < 4.78 is 4.10. The second-order valence-corrected chi connectivity index (χ2v) is 12.9. The Balaban J connectivity index is 1.28. The van der Waals surface area contributed by atoms with E-state index in [1.165, 1.54) is 11.1 Å². The molecule has 9 rings (SSSR count). The molecule has 6 aromatic carbocycles. The molecule has 242 valence electrons. The minimum Gasteiger partial charge on any atom is -0.308 e. The van der Waals surface area contributed by atoms with E-state index in [0.717, 1.165) is 49.2 Å². The Morgan fingerprint density at radius 1 is 0.558 bits per heavy atom. The number of fused-ring (bicyclic) bond motifs is 6. The van der Waals surface area contributed by atoms with Gasteiger partial charge in [-0.1, -0.05) is 59.7 Å². The van der Waals surface area contributed by atoms with Gasteiger partial charge in [-0.15, -0.1) is 0 Å². The highest BCUT2D eigenvalue weighted by Crippen LogP contribution is 2.37. The van der Waals surface area contributed by atoms with Crippen molar-refractivity contribution in [2.45, 2.75) is 13.8 Å². The van der Waals surface area contributed by atoms with Crippen molar-refractivity contribution >= 4 is 49.3 Å². The van der Waals surface area contributed by atoms with Crippen LogP contribution in [0, 0.1) is 43.1 Å². The van der Waals surface area contributed by atoms with E-state index in [-0.39, 0.29) is 0 Å². The van der Waals surface area contributed by atoms with Crippen LogP contribution in [0.15, 0.2) is 121 Å². The summed E-state index contributed by atoms with van der Waals surface area (Å²) in [4.78, 5) is 18.7. The van der Waals surface area contributed by atoms with Gasteiger partial charge in [-0.05, 0) is 92.0 Å². The van der Waals surface area contributed by atoms with Crippen molar-refractivity contribution in [3.8, 4) is 46.5 Å². The van der Waals surface area contributed by atoms with Crippen molar-refractivity contribution in [3.05, 3.63) is 155 Å². The first kappa shape index (κ1) is 30.5. The van der Waals surface area contributed by atoms with Gasteiger partial charge in [0.2, 0.25) is 5.95 Å². The number of aromatic nitrogens is 5. The summed E-state index contributed by atoms with van der Waals surface area (Å²) in [5.74, 6) is 1.43. The fourth-order valence-electron chi connectivity index (χ4n) is 7.15. The third-order valence-corrected chi connectivity index (χ3v) is 9.55. The summed E-state index contributed by atoms with van der Waals surface area (Å²) in [6, 6.07) is 43.9. The Bertz CT molecular complexity index is 2940. The largest absolute Gasteiger partial charge is 0.308 e. The van der Waals surface area contributed by atoms with E-state index in [2.05, 4.69) is 71.8 Å². The number of hydrogen-bond donors (Lipinski definition) is 0. The third-order valence-electron chi connectivity index (χ3n) is 9.55. The van der Waals surface area contributed by atoms with Crippen LogP contribution >= 0.6 is 0 Å². The van der Waals surface area contributed by atoms with Crippen molar-refractivity contribution < 1.29 is 0 Å². The zero-order chi connectivity index (χ0) is 35.5. The lowest BCUT2D eigenvalue weighted by molar-refractivity contribution is 0.953. The number of hydrogen-bond acceptors (Lipinski definition) is 5. The highest BCUT2D eigenvalue weighted by Gasteiger charge is 2.20. The first-order chi connectivity index (χ1) is 25.4. The zero-order valence-electron chi connectivity index (χ0n) is 28.1. The maximum absolute atomic E-state index is 10.6. The molecule has 0 amide bonds. The monoisotopic (exact) mass is 666 g/mol. The molecular formula is C44H26N8. The van der Waals surface area contributed by atoms with E-state index in [1.807, 2.05) is 77.4 Å². The molecule has 0 spiro atoms. The van der Waals surface area contributed by atoms with Gasteiger partial charge >= 0.3 is 0 Å². The van der Waals surface area contributed by atoms with Gasteiger partial charge in [-0.3, -0.25) is 4.57 Å². The van der Waals surface area contributed by atoms with Crippen LogP contribution in [0.3, 0.4) is 0 Å². The molecule has 0 N–H and O–H groups in total. The molecule has 0 saturated carbocycles. The number of rotatable bonds is 4. The van der Waals surface area contributed by atoms with Crippen LogP contribution in [0.2, 0.25) is 0 Å².